The van der Waals surface area contributed by atoms with Gasteiger partial charge in [0.05, 0.1) is 6.04 Å². The highest BCUT2D eigenvalue weighted by Crippen LogP contribution is 2.27. The third-order valence-electron chi connectivity index (χ3n) is 3.06. The molecule has 0 aliphatic heterocycles. The number of hydrogen-bond acceptors (Lipinski definition) is 4. The van der Waals surface area contributed by atoms with Crippen molar-refractivity contribution in [2.45, 2.75) is 17.9 Å². The van der Waals surface area contributed by atoms with Gasteiger partial charge in [0.1, 0.15) is 0 Å². The zero-order valence-corrected chi connectivity index (χ0v) is 12.1. The van der Waals surface area contributed by atoms with Crippen LogP contribution in [0.3, 0.4) is 0 Å². The number of anilines is 1. The smallest absolute Gasteiger partial charge is 0.0612 e. The summed E-state index contributed by atoms with van der Waals surface area (Å²) in [4.78, 5) is 5.45. The minimum Gasteiger partial charge on any atom is -0.398 e. The first-order chi connectivity index (χ1) is 9.26. The second kappa shape index (κ2) is 6.59. The van der Waals surface area contributed by atoms with E-state index in [4.69, 9.17) is 5.73 Å². The molecule has 0 radical (unpaired) electrons. The lowest BCUT2D eigenvalue weighted by molar-refractivity contribution is 0.630. The molecule has 2 aromatic rings. The standard InChI is InChI=1S/C15H19N3S/c1-3-18-15(13-10-17-9-8-14(13)16)11-4-6-12(19-2)7-5-11/h4-10,15,18H,3H2,1-2H3,(H2,16,17). The molecule has 19 heavy (non-hydrogen) atoms. The van der Waals surface area contributed by atoms with Crippen molar-refractivity contribution in [2.24, 2.45) is 0 Å². The predicted molar refractivity (Wildman–Crippen MR) is 82.4 cm³/mol. The van der Waals surface area contributed by atoms with Crippen LogP contribution in [-0.2, 0) is 0 Å². The molecule has 2 rings (SSSR count). The highest BCUT2D eigenvalue weighted by Gasteiger charge is 2.15. The van der Waals surface area contributed by atoms with Crippen molar-refractivity contribution in [2.75, 3.05) is 18.5 Å². The average molecular weight is 273 g/mol. The Bertz CT molecular complexity index is 525. The first-order valence-corrected chi connectivity index (χ1v) is 7.55. The maximum absolute atomic E-state index is 6.06. The normalized spacial score (nSPS) is 12.3. The fraction of sp³-hybridized carbons (Fsp3) is 0.267. The Morgan fingerprint density at radius 1 is 1.26 bits per heavy atom. The van der Waals surface area contributed by atoms with Gasteiger partial charge in [-0.25, -0.2) is 0 Å². The van der Waals surface area contributed by atoms with Crippen molar-refractivity contribution in [1.82, 2.24) is 10.3 Å². The predicted octanol–water partition coefficient (Wildman–Crippen LogP) is 3.08. The quantitative estimate of drug-likeness (QED) is 0.822. The van der Waals surface area contributed by atoms with Gasteiger partial charge in [-0.1, -0.05) is 19.1 Å². The maximum atomic E-state index is 6.06. The molecule has 0 saturated carbocycles. The van der Waals surface area contributed by atoms with Crippen LogP contribution in [0.4, 0.5) is 5.69 Å². The molecule has 100 valence electrons. The summed E-state index contributed by atoms with van der Waals surface area (Å²) in [5, 5.41) is 3.47. The van der Waals surface area contributed by atoms with Crippen molar-refractivity contribution in [3.8, 4) is 0 Å². The first-order valence-electron chi connectivity index (χ1n) is 6.33. The molecule has 0 bridgehead atoms. The van der Waals surface area contributed by atoms with Crippen LogP contribution in [0.2, 0.25) is 0 Å². The van der Waals surface area contributed by atoms with E-state index in [0.29, 0.717) is 0 Å². The molecule has 3 N–H and O–H groups in total. The Morgan fingerprint density at radius 2 is 2.00 bits per heavy atom. The third kappa shape index (κ3) is 3.28. The van der Waals surface area contributed by atoms with Crippen molar-refractivity contribution >= 4 is 17.4 Å². The summed E-state index contributed by atoms with van der Waals surface area (Å²) in [6.07, 6.45) is 5.64. The van der Waals surface area contributed by atoms with Gasteiger partial charge < -0.3 is 11.1 Å². The highest BCUT2D eigenvalue weighted by molar-refractivity contribution is 7.98. The highest BCUT2D eigenvalue weighted by atomic mass is 32.2. The van der Waals surface area contributed by atoms with Crippen LogP contribution in [0.25, 0.3) is 0 Å². The van der Waals surface area contributed by atoms with Gasteiger partial charge in [-0.2, -0.15) is 0 Å². The van der Waals surface area contributed by atoms with Gasteiger partial charge in [0, 0.05) is 28.5 Å². The molecular formula is C15H19N3S. The van der Waals surface area contributed by atoms with E-state index in [-0.39, 0.29) is 6.04 Å². The van der Waals surface area contributed by atoms with E-state index in [2.05, 4.69) is 47.7 Å². The van der Waals surface area contributed by atoms with Crippen LogP contribution in [0.15, 0.2) is 47.6 Å². The van der Waals surface area contributed by atoms with Crippen LogP contribution in [-0.4, -0.2) is 17.8 Å². The van der Waals surface area contributed by atoms with E-state index < -0.39 is 0 Å². The minimum atomic E-state index is 0.0922. The maximum Gasteiger partial charge on any atom is 0.0612 e. The summed E-state index contributed by atoms with van der Waals surface area (Å²) in [6, 6.07) is 10.5. The second-order valence-corrected chi connectivity index (χ2v) is 5.15. The molecule has 4 heteroatoms. The number of nitrogens with zero attached hydrogens (tertiary/aromatic N) is 1. The summed E-state index contributed by atoms with van der Waals surface area (Å²) in [5.41, 5.74) is 9.07. The Balaban J connectivity index is 2.36. The Kier molecular flexibility index (Phi) is 4.82. The Hall–Kier alpha value is -1.52. The van der Waals surface area contributed by atoms with Gasteiger partial charge in [0.25, 0.3) is 0 Å². The largest absolute Gasteiger partial charge is 0.398 e. The Labute approximate surface area is 118 Å². The van der Waals surface area contributed by atoms with Gasteiger partial charge in [-0.3, -0.25) is 4.98 Å². The number of benzene rings is 1. The van der Waals surface area contributed by atoms with E-state index in [0.717, 1.165) is 17.8 Å². The number of thioether (sulfide) groups is 1. The summed E-state index contributed by atoms with van der Waals surface area (Å²) in [5.74, 6) is 0. The molecule has 1 unspecified atom stereocenters. The SMILES string of the molecule is CCNC(c1ccc(SC)cc1)c1cnccc1N. The molecule has 0 amide bonds. The topological polar surface area (TPSA) is 50.9 Å². The molecule has 0 spiro atoms. The van der Waals surface area contributed by atoms with Gasteiger partial charge in [-0.15, -0.1) is 11.8 Å². The van der Waals surface area contributed by atoms with Crippen LogP contribution in [0, 0.1) is 0 Å². The fourth-order valence-corrected chi connectivity index (χ4v) is 2.47. The van der Waals surface area contributed by atoms with E-state index in [9.17, 15) is 0 Å². The van der Waals surface area contributed by atoms with E-state index in [1.54, 1.807) is 18.0 Å². The summed E-state index contributed by atoms with van der Waals surface area (Å²) in [7, 11) is 0. The van der Waals surface area contributed by atoms with Crippen LogP contribution < -0.4 is 11.1 Å². The van der Waals surface area contributed by atoms with Gasteiger partial charge in [0.15, 0.2) is 0 Å². The number of hydrogen-bond donors (Lipinski definition) is 2. The molecule has 1 aromatic carbocycles. The number of nitrogens with one attached hydrogen (secondary N) is 1. The molecule has 1 aromatic heterocycles. The zero-order chi connectivity index (χ0) is 13.7. The molecule has 3 nitrogen and oxygen atoms in total. The molecule has 0 aliphatic rings. The van der Waals surface area contributed by atoms with E-state index in [1.807, 2.05) is 12.3 Å². The van der Waals surface area contributed by atoms with Crippen molar-refractivity contribution in [1.29, 1.82) is 0 Å². The number of nitrogens with two attached hydrogens (primary N) is 1. The van der Waals surface area contributed by atoms with Gasteiger partial charge in [-0.05, 0) is 36.6 Å². The van der Waals surface area contributed by atoms with E-state index in [1.165, 1.54) is 10.5 Å². The fourth-order valence-electron chi connectivity index (χ4n) is 2.07. The van der Waals surface area contributed by atoms with Gasteiger partial charge >= 0.3 is 0 Å². The molecule has 0 fully saturated rings. The monoisotopic (exact) mass is 273 g/mol. The number of pyridine rings is 1. The lowest BCUT2D eigenvalue weighted by Crippen LogP contribution is -2.23. The molecule has 0 saturated heterocycles. The zero-order valence-electron chi connectivity index (χ0n) is 11.3. The van der Waals surface area contributed by atoms with E-state index >= 15 is 0 Å². The number of nitrogen functional groups attached to an aromatic ring is 1. The third-order valence-corrected chi connectivity index (χ3v) is 3.80. The molecule has 1 atom stereocenters. The summed E-state index contributed by atoms with van der Waals surface area (Å²) in [6.45, 7) is 2.97. The molecule has 1 heterocycles. The summed E-state index contributed by atoms with van der Waals surface area (Å²) < 4.78 is 0. The van der Waals surface area contributed by atoms with Crippen molar-refractivity contribution in [3.05, 3.63) is 53.9 Å². The first kappa shape index (κ1) is 13.9. The van der Waals surface area contributed by atoms with Gasteiger partial charge in [0.2, 0.25) is 0 Å². The molecule has 0 aliphatic carbocycles. The summed E-state index contributed by atoms with van der Waals surface area (Å²) >= 11 is 1.74. The Morgan fingerprint density at radius 3 is 2.58 bits per heavy atom. The van der Waals surface area contributed by atoms with Crippen molar-refractivity contribution < 1.29 is 0 Å². The molecular weight excluding hydrogens is 254 g/mol. The lowest BCUT2D eigenvalue weighted by Gasteiger charge is -2.20. The average Bonchev–Trinajstić information content (AvgIpc) is 2.46. The van der Waals surface area contributed by atoms with Crippen LogP contribution >= 0.6 is 11.8 Å². The number of rotatable bonds is 5. The van der Waals surface area contributed by atoms with Crippen LogP contribution in [0.1, 0.15) is 24.1 Å². The number of aromatic nitrogens is 1. The van der Waals surface area contributed by atoms with Crippen LogP contribution in [0.5, 0.6) is 0 Å². The second-order valence-electron chi connectivity index (χ2n) is 4.27. The van der Waals surface area contributed by atoms with Crippen molar-refractivity contribution in [3.63, 3.8) is 0 Å². The minimum absolute atomic E-state index is 0.0922. The lowest BCUT2D eigenvalue weighted by atomic mass is 9.99.